The largest absolute Gasteiger partial charge is 0.433 e. The number of aliphatic hydroxyl groups excluding tert-OH is 1. The molecular weight excluding hydrogens is 388 g/mol. The molecule has 0 aliphatic carbocycles. The van der Waals surface area contributed by atoms with Crippen molar-refractivity contribution < 1.29 is 27.9 Å². The lowest BCUT2D eigenvalue weighted by molar-refractivity contribution is 0.102. The molecule has 0 unspecified atom stereocenters. The molecule has 0 bridgehead atoms. The van der Waals surface area contributed by atoms with Crippen LogP contribution in [-0.2, 0) is 16.6 Å². The van der Waals surface area contributed by atoms with Gasteiger partial charge in [0.25, 0.3) is 11.5 Å². The molecule has 2 aromatic heterocycles. The van der Waals surface area contributed by atoms with E-state index in [1.807, 2.05) is 0 Å². The number of hydrogen-bond donors (Lipinski definition) is 4. The van der Waals surface area contributed by atoms with Crippen molar-refractivity contribution in [3.63, 3.8) is 0 Å². The second-order valence-corrected chi connectivity index (χ2v) is 7.42. The second-order valence-electron chi connectivity index (χ2n) is 5.86. The third-order valence-corrected chi connectivity index (χ3v) is 4.93. The number of nitrogens with two attached hydrogens (primary N) is 1. The molecule has 0 atom stereocenters. The van der Waals surface area contributed by atoms with Crippen molar-refractivity contribution in [2.45, 2.75) is 18.4 Å². The second kappa shape index (κ2) is 7.38. The van der Waals surface area contributed by atoms with E-state index in [0.717, 1.165) is 0 Å². The maximum Gasteiger partial charge on any atom is 0.268 e. The Bertz CT molecular complexity index is 1230. The van der Waals surface area contributed by atoms with Crippen LogP contribution in [0.15, 0.2) is 51.0 Å². The van der Waals surface area contributed by atoms with Gasteiger partial charge in [-0.25, -0.2) is 13.6 Å². The van der Waals surface area contributed by atoms with Crippen LogP contribution in [0, 0.1) is 6.92 Å². The van der Waals surface area contributed by atoms with Crippen LogP contribution in [-0.4, -0.2) is 29.6 Å². The highest BCUT2D eigenvalue weighted by Gasteiger charge is 2.17. The van der Waals surface area contributed by atoms with Gasteiger partial charge in [0.05, 0.1) is 17.2 Å². The number of sulfonamides is 1. The van der Waals surface area contributed by atoms with Gasteiger partial charge in [0.15, 0.2) is 5.58 Å². The highest BCUT2D eigenvalue weighted by molar-refractivity contribution is 7.89. The Hall–Kier alpha value is -3.28. The molecule has 0 aliphatic heterocycles. The number of primary sulfonamides is 1. The number of fused-ring (bicyclic) bond motifs is 1. The van der Waals surface area contributed by atoms with Crippen LogP contribution in [0.4, 0.5) is 5.69 Å². The Balaban J connectivity index is 2.04. The Labute approximate surface area is 159 Å². The summed E-state index contributed by atoms with van der Waals surface area (Å²) in [6.07, 6.45) is 1.45. The number of nitrogens with one attached hydrogen (secondary N) is 1. The number of benzene rings is 1. The number of aryl methyl sites for hydroxylation is 1. The van der Waals surface area contributed by atoms with Crippen molar-refractivity contribution in [3.8, 4) is 0 Å². The van der Waals surface area contributed by atoms with Crippen LogP contribution in [0.5, 0.6) is 0 Å². The van der Waals surface area contributed by atoms with E-state index in [-0.39, 0.29) is 33.9 Å². The molecule has 0 radical (unpaired) electrons. The van der Waals surface area contributed by atoms with Gasteiger partial charge in [-0.2, -0.15) is 0 Å². The number of carbonyl (C=O) groups is 1. The van der Waals surface area contributed by atoms with Crippen molar-refractivity contribution in [2.24, 2.45) is 10.3 Å². The lowest BCUT2D eigenvalue weighted by atomic mass is 10.1. The molecule has 11 heteroatoms. The maximum absolute atomic E-state index is 12.6. The molecule has 0 saturated carbocycles. The summed E-state index contributed by atoms with van der Waals surface area (Å²) < 4.78 is 28.1. The van der Waals surface area contributed by atoms with E-state index in [2.05, 4.69) is 15.5 Å². The summed E-state index contributed by atoms with van der Waals surface area (Å²) in [6, 6.07) is 6.62. The van der Waals surface area contributed by atoms with Crippen LogP contribution in [0.3, 0.4) is 0 Å². The molecule has 0 saturated heterocycles. The zero-order chi connectivity index (χ0) is 20.5. The number of aliphatic hydroxyl groups is 1. The third kappa shape index (κ3) is 3.71. The number of anilines is 1. The highest BCUT2D eigenvalue weighted by atomic mass is 32.2. The van der Waals surface area contributed by atoms with Crippen LogP contribution in [0.25, 0.3) is 11.0 Å². The molecule has 0 aliphatic rings. The first-order valence-electron chi connectivity index (χ1n) is 7.90. The van der Waals surface area contributed by atoms with Gasteiger partial charge in [0.1, 0.15) is 5.56 Å². The van der Waals surface area contributed by atoms with E-state index in [1.54, 1.807) is 6.92 Å². The van der Waals surface area contributed by atoms with E-state index >= 15 is 0 Å². The number of pyridine rings is 1. The molecule has 146 valence electrons. The van der Waals surface area contributed by atoms with E-state index in [0.29, 0.717) is 16.6 Å². The van der Waals surface area contributed by atoms with Crippen molar-refractivity contribution in [2.75, 3.05) is 5.32 Å². The smallest absolute Gasteiger partial charge is 0.268 e. The number of amides is 1. The Morgan fingerprint density at radius 1 is 1.32 bits per heavy atom. The average Bonchev–Trinajstić information content (AvgIpc) is 2.67. The molecule has 1 aromatic carbocycles. The average molecular weight is 404 g/mol. The molecule has 28 heavy (non-hydrogen) atoms. The fourth-order valence-corrected chi connectivity index (χ4v) is 3.09. The Morgan fingerprint density at radius 3 is 2.57 bits per heavy atom. The minimum absolute atomic E-state index is 0.0918. The van der Waals surface area contributed by atoms with Gasteiger partial charge in [0.2, 0.25) is 10.0 Å². The molecule has 5 N–H and O–H groups in total. The summed E-state index contributed by atoms with van der Waals surface area (Å²) in [7, 11) is -3.85. The van der Waals surface area contributed by atoms with Gasteiger partial charge in [-0.05, 0) is 42.4 Å². The molecule has 1 amide bonds. The summed E-state index contributed by atoms with van der Waals surface area (Å²) in [4.78, 5) is 16.6. The van der Waals surface area contributed by atoms with Crippen molar-refractivity contribution >= 4 is 32.6 Å². The van der Waals surface area contributed by atoms with Crippen molar-refractivity contribution in [1.29, 1.82) is 0 Å². The SMILES string of the molecule is Cc1ncc(CO)c2cc(C(=O)Nc3ccc(S(N)(=O)=O)cc3)c(=NO)oc12. The number of nitrogens with zero attached hydrogens (tertiary/aromatic N) is 2. The lowest BCUT2D eigenvalue weighted by Crippen LogP contribution is -2.22. The van der Waals surface area contributed by atoms with Gasteiger partial charge in [-0.3, -0.25) is 9.78 Å². The predicted molar refractivity (Wildman–Crippen MR) is 97.8 cm³/mol. The topological polar surface area (TPSA) is 168 Å². The quantitative estimate of drug-likeness (QED) is 0.368. The number of hydrogen-bond acceptors (Lipinski definition) is 8. The zero-order valence-electron chi connectivity index (χ0n) is 14.6. The Morgan fingerprint density at radius 2 is 2.00 bits per heavy atom. The third-order valence-electron chi connectivity index (χ3n) is 4.00. The first-order valence-corrected chi connectivity index (χ1v) is 9.44. The standard InChI is InChI=1S/C17H16N4O6S/c1-9-15-13(10(8-22)7-19-9)6-14(17(21-24)27-15)16(23)20-11-2-4-12(5-3-11)28(18,25)26/h2-7,22,24H,8H2,1H3,(H,20,23)(H2,18,25,26). The summed E-state index contributed by atoms with van der Waals surface area (Å²) in [5.74, 6) is -0.667. The summed E-state index contributed by atoms with van der Waals surface area (Å²) in [5, 5.41) is 29.8. The molecule has 10 nitrogen and oxygen atoms in total. The van der Waals surface area contributed by atoms with E-state index in [9.17, 15) is 23.5 Å². The van der Waals surface area contributed by atoms with E-state index in [1.165, 1.54) is 36.5 Å². The summed E-state index contributed by atoms with van der Waals surface area (Å²) in [6.45, 7) is 1.34. The van der Waals surface area contributed by atoms with Crippen LogP contribution >= 0.6 is 0 Å². The first-order chi connectivity index (χ1) is 13.2. The maximum atomic E-state index is 12.6. The normalized spacial score (nSPS) is 12.3. The van der Waals surface area contributed by atoms with Gasteiger partial charge in [-0.15, -0.1) is 0 Å². The number of carbonyl (C=O) groups excluding carboxylic acids is 1. The van der Waals surface area contributed by atoms with Crippen LogP contribution in [0.1, 0.15) is 21.6 Å². The number of aromatic nitrogens is 1. The van der Waals surface area contributed by atoms with E-state index < -0.39 is 15.9 Å². The lowest BCUT2D eigenvalue weighted by Gasteiger charge is -2.09. The molecule has 0 spiro atoms. The van der Waals surface area contributed by atoms with Crippen molar-refractivity contribution in [1.82, 2.24) is 4.98 Å². The predicted octanol–water partition coefficient (Wildman–Crippen LogP) is 0.818. The monoisotopic (exact) mass is 404 g/mol. The molecular formula is C17H16N4O6S. The molecule has 2 heterocycles. The minimum Gasteiger partial charge on any atom is -0.433 e. The molecule has 0 fully saturated rings. The van der Waals surface area contributed by atoms with Crippen molar-refractivity contribution in [3.05, 3.63) is 58.9 Å². The number of rotatable bonds is 4. The zero-order valence-corrected chi connectivity index (χ0v) is 15.4. The first kappa shape index (κ1) is 19.5. The van der Waals surface area contributed by atoms with Crippen LogP contribution in [0.2, 0.25) is 0 Å². The van der Waals surface area contributed by atoms with Gasteiger partial charge in [-0.1, -0.05) is 0 Å². The Kier molecular flexibility index (Phi) is 5.14. The van der Waals surface area contributed by atoms with Gasteiger partial charge < -0.3 is 20.0 Å². The van der Waals surface area contributed by atoms with E-state index in [4.69, 9.17) is 9.56 Å². The van der Waals surface area contributed by atoms with Gasteiger partial charge >= 0.3 is 0 Å². The molecule has 3 aromatic rings. The van der Waals surface area contributed by atoms with Gasteiger partial charge in [0, 0.05) is 22.8 Å². The minimum atomic E-state index is -3.85. The molecule has 3 rings (SSSR count). The van der Waals surface area contributed by atoms with Crippen LogP contribution < -0.4 is 16.0 Å². The fraction of sp³-hybridized carbons (Fsp3) is 0.118. The highest BCUT2D eigenvalue weighted by Crippen LogP contribution is 2.21. The summed E-state index contributed by atoms with van der Waals surface area (Å²) >= 11 is 0. The fourth-order valence-electron chi connectivity index (χ4n) is 2.58. The summed E-state index contributed by atoms with van der Waals surface area (Å²) in [5.41, 5.74) is 1.04.